The first kappa shape index (κ1) is 15.2. The molecule has 0 atom stereocenters. The summed E-state index contributed by atoms with van der Waals surface area (Å²) in [5.74, 6) is 0.545. The molecule has 0 N–H and O–H groups in total. The molecule has 5 heteroatoms. The fourth-order valence-corrected chi connectivity index (χ4v) is 2.72. The molecule has 4 rings (SSSR count). The molecule has 0 amide bonds. The van der Waals surface area contributed by atoms with Crippen molar-refractivity contribution in [3.63, 3.8) is 0 Å². The van der Waals surface area contributed by atoms with Gasteiger partial charge in [-0.2, -0.15) is 0 Å². The molecule has 0 fully saturated rings. The van der Waals surface area contributed by atoms with Crippen LogP contribution < -0.4 is 4.74 Å². The van der Waals surface area contributed by atoms with Gasteiger partial charge in [0.1, 0.15) is 17.3 Å². The Labute approximate surface area is 144 Å². The maximum Gasteiger partial charge on any atom is 0.178 e. The van der Waals surface area contributed by atoms with Crippen LogP contribution in [0.3, 0.4) is 0 Å². The SMILES string of the molecule is COc1cccc(F)c1-c1cccc(-c2ncc3ccccc3n2)n1. The number of hydrogen-bond acceptors (Lipinski definition) is 4. The Morgan fingerprint density at radius 1 is 0.840 bits per heavy atom. The molecule has 4 nitrogen and oxygen atoms in total. The van der Waals surface area contributed by atoms with Gasteiger partial charge in [0.2, 0.25) is 0 Å². The van der Waals surface area contributed by atoms with Gasteiger partial charge in [-0.15, -0.1) is 0 Å². The van der Waals surface area contributed by atoms with Crippen LogP contribution in [-0.2, 0) is 0 Å². The minimum absolute atomic E-state index is 0.327. The van der Waals surface area contributed by atoms with Gasteiger partial charge in [0.15, 0.2) is 5.82 Å². The third-order valence-electron chi connectivity index (χ3n) is 3.92. The molecule has 0 saturated heterocycles. The summed E-state index contributed by atoms with van der Waals surface area (Å²) < 4.78 is 19.6. The number of halogens is 1. The van der Waals surface area contributed by atoms with Gasteiger partial charge in [-0.25, -0.2) is 19.3 Å². The Balaban J connectivity index is 1.84. The number of nitrogens with zero attached hydrogens (tertiary/aromatic N) is 3. The van der Waals surface area contributed by atoms with E-state index in [1.165, 1.54) is 13.2 Å². The van der Waals surface area contributed by atoms with Crippen LogP contribution in [0.4, 0.5) is 4.39 Å². The van der Waals surface area contributed by atoms with Crippen LogP contribution in [0, 0.1) is 5.82 Å². The van der Waals surface area contributed by atoms with Gasteiger partial charge in [-0.3, -0.25) is 0 Å². The van der Waals surface area contributed by atoms with E-state index in [0.29, 0.717) is 28.5 Å². The van der Waals surface area contributed by atoms with Gasteiger partial charge in [0.25, 0.3) is 0 Å². The number of ether oxygens (including phenoxy) is 1. The third-order valence-corrected chi connectivity index (χ3v) is 3.92. The van der Waals surface area contributed by atoms with E-state index in [4.69, 9.17) is 4.74 Å². The van der Waals surface area contributed by atoms with E-state index in [1.54, 1.807) is 30.5 Å². The van der Waals surface area contributed by atoms with Gasteiger partial charge >= 0.3 is 0 Å². The quantitative estimate of drug-likeness (QED) is 0.554. The van der Waals surface area contributed by atoms with Gasteiger partial charge in [-0.1, -0.05) is 30.3 Å². The molecule has 0 spiro atoms. The van der Waals surface area contributed by atoms with Crippen LogP contribution in [0.1, 0.15) is 0 Å². The zero-order valence-electron chi connectivity index (χ0n) is 13.5. The van der Waals surface area contributed by atoms with Crippen LogP contribution in [0.2, 0.25) is 0 Å². The summed E-state index contributed by atoms with van der Waals surface area (Å²) in [5, 5.41) is 0.957. The lowest BCUT2D eigenvalue weighted by Gasteiger charge is -2.10. The van der Waals surface area contributed by atoms with Crippen molar-refractivity contribution >= 4 is 10.9 Å². The number of methoxy groups -OCH3 is 1. The minimum atomic E-state index is -0.386. The summed E-state index contributed by atoms with van der Waals surface area (Å²) in [6.07, 6.45) is 1.76. The topological polar surface area (TPSA) is 47.9 Å². The minimum Gasteiger partial charge on any atom is -0.496 e. The lowest BCUT2D eigenvalue weighted by Crippen LogP contribution is -1.97. The molecule has 4 aromatic rings. The summed E-state index contributed by atoms with van der Waals surface area (Å²) in [5.41, 5.74) is 2.22. The Kier molecular flexibility index (Phi) is 3.82. The molecule has 0 aliphatic heterocycles. The average molecular weight is 331 g/mol. The summed E-state index contributed by atoms with van der Waals surface area (Å²) in [6.45, 7) is 0. The molecule has 0 bridgehead atoms. The number of pyridine rings is 1. The van der Waals surface area contributed by atoms with Crippen LogP contribution in [0.5, 0.6) is 5.75 Å². The maximum atomic E-state index is 14.3. The lowest BCUT2D eigenvalue weighted by atomic mass is 10.1. The van der Waals surface area contributed by atoms with E-state index in [9.17, 15) is 4.39 Å². The number of para-hydroxylation sites is 1. The zero-order chi connectivity index (χ0) is 17.2. The molecule has 0 saturated carbocycles. The molecule has 0 aliphatic rings. The first-order valence-corrected chi connectivity index (χ1v) is 7.78. The Bertz CT molecular complexity index is 1070. The number of benzene rings is 2. The highest BCUT2D eigenvalue weighted by molar-refractivity contribution is 5.79. The Hall–Kier alpha value is -3.34. The van der Waals surface area contributed by atoms with Crippen LogP contribution >= 0.6 is 0 Å². The summed E-state index contributed by atoms with van der Waals surface area (Å²) in [4.78, 5) is 13.5. The van der Waals surface area contributed by atoms with Crippen molar-refractivity contribution in [3.05, 3.63) is 72.7 Å². The second kappa shape index (κ2) is 6.28. The second-order valence-corrected chi connectivity index (χ2v) is 5.48. The van der Waals surface area contributed by atoms with Gasteiger partial charge in [0.05, 0.1) is 23.9 Å². The highest BCUT2D eigenvalue weighted by atomic mass is 19.1. The largest absolute Gasteiger partial charge is 0.496 e. The van der Waals surface area contributed by atoms with Crippen LogP contribution in [-0.4, -0.2) is 22.1 Å². The molecule has 2 aromatic carbocycles. The van der Waals surface area contributed by atoms with Crippen molar-refractivity contribution < 1.29 is 9.13 Å². The average Bonchev–Trinajstić information content (AvgIpc) is 2.67. The van der Waals surface area contributed by atoms with Crippen LogP contribution in [0.25, 0.3) is 33.7 Å². The second-order valence-electron chi connectivity index (χ2n) is 5.48. The van der Waals surface area contributed by atoms with E-state index >= 15 is 0 Å². The summed E-state index contributed by atoms with van der Waals surface area (Å²) >= 11 is 0. The van der Waals surface area contributed by atoms with Crippen LogP contribution in [0.15, 0.2) is 66.9 Å². The molecule has 0 unspecified atom stereocenters. The molecule has 25 heavy (non-hydrogen) atoms. The fourth-order valence-electron chi connectivity index (χ4n) is 2.72. The number of fused-ring (bicyclic) bond motifs is 1. The van der Waals surface area contributed by atoms with E-state index < -0.39 is 0 Å². The smallest absolute Gasteiger partial charge is 0.178 e. The van der Waals surface area contributed by atoms with Crippen molar-refractivity contribution in [1.82, 2.24) is 15.0 Å². The predicted octanol–water partition coefficient (Wildman–Crippen LogP) is 4.51. The van der Waals surface area contributed by atoms with Crippen molar-refractivity contribution in [2.75, 3.05) is 7.11 Å². The number of aromatic nitrogens is 3. The first-order chi connectivity index (χ1) is 12.3. The van der Waals surface area contributed by atoms with Crippen molar-refractivity contribution in [3.8, 4) is 28.5 Å². The van der Waals surface area contributed by atoms with E-state index in [1.807, 2.05) is 30.3 Å². The predicted molar refractivity (Wildman–Crippen MR) is 94.7 cm³/mol. The van der Waals surface area contributed by atoms with Gasteiger partial charge in [-0.05, 0) is 30.3 Å². The van der Waals surface area contributed by atoms with E-state index in [2.05, 4.69) is 15.0 Å². The van der Waals surface area contributed by atoms with Crippen molar-refractivity contribution in [2.45, 2.75) is 0 Å². The zero-order valence-corrected chi connectivity index (χ0v) is 13.5. The molecule has 0 radical (unpaired) electrons. The lowest BCUT2D eigenvalue weighted by molar-refractivity contribution is 0.413. The van der Waals surface area contributed by atoms with E-state index in [0.717, 1.165) is 10.9 Å². The fraction of sp³-hybridized carbons (Fsp3) is 0.0500. The number of hydrogen-bond donors (Lipinski definition) is 0. The van der Waals surface area contributed by atoms with Crippen molar-refractivity contribution in [2.24, 2.45) is 0 Å². The Morgan fingerprint density at radius 3 is 2.52 bits per heavy atom. The highest BCUT2D eigenvalue weighted by Gasteiger charge is 2.14. The van der Waals surface area contributed by atoms with Gasteiger partial charge < -0.3 is 4.74 Å². The monoisotopic (exact) mass is 331 g/mol. The number of rotatable bonds is 3. The standard InChI is InChI=1S/C20H14FN3O/c1-25-18-11-4-7-14(21)19(18)16-9-5-10-17(23-16)20-22-12-13-6-2-3-8-15(13)24-20/h2-12H,1H3. The summed E-state index contributed by atoms with van der Waals surface area (Å²) in [7, 11) is 1.51. The highest BCUT2D eigenvalue weighted by Crippen LogP contribution is 2.32. The van der Waals surface area contributed by atoms with E-state index in [-0.39, 0.29) is 5.82 Å². The first-order valence-electron chi connectivity index (χ1n) is 7.78. The van der Waals surface area contributed by atoms with Crippen molar-refractivity contribution in [1.29, 1.82) is 0 Å². The maximum absolute atomic E-state index is 14.3. The normalized spacial score (nSPS) is 10.8. The van der Waals surface area contributed by atoms with Gasteiger partial charge in [0, 0.05) is 11.6 Å². The molecule has 2 heterocycles. The molecular formula is C20H14FN3O. The summed E-state index contributed by atoms with van der Waals surface area (Å²) in [6, 6.07) is 17.8. The molecular weight excluding hydrogens is 317 g/mol. The Morgan fingerprint density at radius 2 is 1.64 bits per heavy atom. The molecule has 2 aromatic heterocycles. The third kappa shape index (κ3) is 2.80. The molecule has 0 aliphatic carbocycles. The molecule has 122 valence electrons.